The first-order valence-electron chi connectivity index (χ1n) is 9.45. The molecule has 3 aromatic heterocycles. The molecule has 2 amide bonds. The first-order valence-corrected chi connectivity index (χ1v) is 9.45. The van der Waals surface area contributed by atoms with Crippen molar-refractivity contribution in [2.45, 2.75) is 31.3 Å². The molecule has 3 unspecified atom stereocenters. The Morgan fingerprint density at radius 2 is 1.91 bits per heavy atom. The van der Waals surface area contributed by atoms with Crippen molar-refractivity contribution in [1.82, 2.24) is 14.6 Å². The molecule has 4 heterocycles. The van der Waals surface area contributed by atoms with Crippen molar-refractivity contribution >= 4 is 28.8 Å². The normalized spacial score (nSPS) is 21.4. The molecule has 1 saturated heterocycles. The van der Waals surface area contributed by atoms with Crippen LogP contribution in [0, 0.1) is 6.92 Å². The molecule has 3 aromatic rings. The number of alkyl halides is 3. The second kappa shape index (κ2) is 7.57. The molecule has 0 spiro atoms. The Kier molecular flexibility index (Phi) is 5.13. The van der Waals surface area contributed by atoms with E-state index in [9.17, 15) is 33.0 Å². The Morgan fingerprint density at radius 3 is 2.59 bits per heavy atom. The molecule has 0 saturated carbocycles. The minimum absolute atomic E-state index is 0.0516. The van der Waals surface area contributed by atoms with Crippen molar-refractivity contribution < 1.29 is 33.0 Å². The van der Waals surface area contributed by atoms with Crippen molar-refractivity contribution in [1.29, 1.82) is 0 Å². The lowest BCUT2D eigenvalue weighted by atomic mass is 10.1. The van der Waals surface area contributed by atoms with Gasteiger partial charge >= 0.3 is 6.18 Å². The van der Waals surface area contributed by atoms with Crippen molar-refractivity contribution in [3.63, 3.8) is 0 Å². The second-order valence-corrected chi connectivity index (χ2v) is 7.42. The highest BCUT2D eigenvalue weighted by atomic mass is 19.4. The molecule has 0 aromatic carbocycles. The zero-order valence-electron chi connectivity index (χ0n) is 16.9. The zero-order valence-corrected chi connectivity index (χ0v) is 16.9. The number of aromatic nitrogens is 3. The summed E-state index contributed by atoms with van der Waals surface area (Å²) in [6.07, 6.45) is -5.44. The van der Waals surface area contributed by atoms with Crippen LogP contribution in [0.15, 0.2) is 42.7 Å². The number of carbonyl (C=O) groups excluding carboxylic acids is 2. The number of aliphatic hydroxyl groups is 2. The molecule has 1 aliphatic heterocycles. The van der Waals surface area contributed by atoms with E-state index in [0.717, 1.165) is 11.0 Å². The van der Waals surface area contributed by atoms with Gasteiger partial charge in [0.25, 0.3) is 11.8 Å². The number of hydrogen-bond donors (Lipinski definition) is 2. The second-order valence-electron chi connectivity index (χ2n) is 7.42. The van der Waals surface area contributed by atoms with E-state index in [1.807, 2.05) is 0 Å². The molecule has 12 heteroatoms. The van der Waals surface area contributed by atoms with Gasteiger partial charge in [0.1, 0.15) is 18.0 Å². The fourth-order valence-corrected chi connectivity index (χ4v) is 3.65. The van der Waals surface area contributed by atoms with Gasteiger partial charge in [0.2, 0.25) is 0 Å². The van der Waals surface area contributed by atoms with Crippen LogP contribution in [-0.2, 0) is 15.8 Å². The van der Waals surface area contributed by atoms with E-state index in [4.69, 9.17) is 0 Å². The molecule has 3 atom stereocenters. The first-order chi connectivity index (χ1) is 15.0. The Balaban J connectivity index is 1.75. The van der Waals surface area contributed by atoms with E-state index < -0.39 is 47.6 Å². The van der Waals surface area contributed by atoms with Gasteiger partial charge in [-0.15, -0.1) is 0 Å². The number of nitrogens with zero attached hydrogens (tertiary/aromatic N) is 5. The highest BCUT2D eigenvalue weighted by Crippen LogP contribution is 2.34. The van der Waals surface area contributed by atoms with Crippen molar-refractivity contribution in [3.05, 3.63) is 54.0 Å². The van der Waals surface area contributed by atoms with E-state index in [1.165, 1.54) is 14.0 Å². The van der Waals surface area contributed by atoms with Crippen LogP contribution in [0.5, 0.6) is 0 Å². The van der Waals surface area contributed by atoms with Crippen LogP contribution < -0.4 is 9.80 Å². The number of pyridine rings is 2. The smallest absolute Gasteiger partial charge is 0.387 e. The minimum atomic E-state index is -4.72. The van der Waals surface area contributed by atoms with Crippen LogP contribution in [0.1, 0.15) is 11.3 Å². The number of carbonyl (C=O) groups is 2. The predicted molar refractivity (Wildman–Crippen MR) is 106 cm³/mol. The average Bonchev–Trinajstić information content (AvgIpc) is 3.29. The van der Waals surface area contributed by atoms with Gasteiger partial charge < -0.3 is 15.1 Å². The molecule has 9 nitrogen and oxygen atoms in total. The number of hydrogen-bond acceptors (Lipinski definition) is 6. The van der Waals surface area contributed by atoms with Gasteiger partial charge in [-0.2, -0.15) is 18.3 Å². The third-order valence-corrected chi connectivity index (χ3v) is 5.28. The third-order valence-electron chi connectivity index (χ3n) is 5.28. The van der Waals surface area contributed by atoms with Gasteiger partial charge in [-0.05, 0) is 37.3 Å². The van der Waals surface area contributed by atoms with Gasteiger partial charge in [-0.1, -0.05) is 0 Å². The van der Waals surface area contributed by atoms with Gasteiger partial charge in [0.15, 0.2) is 6.10 Å². The van der Waals surface area contributed by atoms with Crippen LogP contribution in [0.2, 0.25) is 0 Å². The quantitative estimate of drug-likeness (QED) is 0.621. The first kappa shape index (κ1) is 21.7. The fraction of sp³-hybridized carbons (Fsp3) is 0.300. The number of amides is 2. The molecule has 2 N–H and O–H groups in total. The molecule has 0 radical (unpaired) electrons. The van der Waals surface area contributed by atoms with Crippen LogP contribution in [0.3, 0.4) is 0 Å². The van der Waals surface area contributed by atoms with E-state index >= 15 is 0 Å². The summed E-state index contributed by atoms with van der Waals surface area (Å²) in [6.45, 7) is 1.30. The number of anilines is 2. The maximum atomic E-state index is 13.3. The molecule has 1 aliphatic rings. The number of fused-ring (bicyclic) bond motifs is 1. The average molecular weight is 449 g/mol. The predicted octanol–water partition coefficient (Wildman–Crippen LogP) is 1.16. The van der Waals surface area contributed by atoms with Gasteiger partial charge in [0.05, 0.1) is 11.1 Å². The largest absolute Gasteiger partial charge is 0.416 e. The van der Waals surface area contributed by atoms with Crippen LogP contribution >= 0.6 is 0 Å². The number of halogens is 3. The maximum Gasteiger partial charge on any atom is 0.416 e. The summed E-state index contributed by atoms with van der Waals surface area (Å²) in [5.74, 6) is -2.43. The molecule has 168 valence electrons. The van der Waals surface area contributed by atoms with Gasteiger partial charge in [0, 0.05) is 30.8 Å². The lowest BCUT2D eigenvalue weighted by Crippen LogP contribution is -2.50. The SMILES string of the molecule is Cc1cc(C(F)(F)F)cc(N2C(=O)C(O)C(O)C2C(=O)N(C)c2ccn3nccc3c2)n1. The van der Waals surface area contributed by atoms with E-state index in [-0.39, 0.29) is 5.69 Å². The molecule has 1 fully saturated rings. The number of aliphatic hydroxyl groups excluding tert-OH is 2. The molecule has 4 rings (SSSR count). The molecular weight excluding hydrogens is 431 g/mol. The summed E-state index contributed by atoms with van der Waals surface area (Å²) in [7, 11) is 1.38. The van der Waals surface area contributed by atoms with E-state index in [0.29, 0.717) is 22.2 Å². The zero-order chi connectivity index (χ0) is 23.4. The Morgan fingerprint density at radius 1 is 1.19 bits per heavy atom. The van der Waals surface area contributed by atoms with E-state index in [2.05, 4.69) is 10.1 Å². The Labute approximate surface area is 179 Å². The standard InChI is InChI=1S/C20H18F3N5O4/c1-10-7-11(20(21,22)23)8-14(25-10)28-15(16(29)17(30)19(28)32)18(31)26(2)12-4-6-27-13(9-12)3-5-24-27/h3-9,15-17,29-30H,1-2H3. The van der Waals surface area contributed by atoms with Crippen molar-refractivity contribution in [2.75, 3.05) is 16.8 Å². The molecule has 32 heavy (non-hydrogen) atoms. The van der Waals surface area contributed by atoms with Crippen molar-refractivity contribution in [2.24, 2.45) is 0 Å². The highest BCUT2D eigenvalue weighted by molar-refractivity contribution is 6.10. The van der Waals surface area contributed by atoms with Gasteiger partial charge in [-0.25, -0.2) is 9.50 Å². The van der Waals surface area contributed by atoms with Gasteiger partial charge in [-0.3, -0.25) is 14.5 Å². The maximum absolute atomic E-state index is 13.3. The molecular formula is C20H18F3N5O4. The Bertz CT molecular complexity index is 1210. The summed E-state index contributed by atoms with van der Waals surface area (Å²) in [6, 6.07) is 4.60. The summed E-state index contributed by atoms with van der Waals surface area (Å²) in [5.41, 5.74) is -0.0758. The molecule has 0 aliphatic carbocycles. The van der Waals surface area contributed by atoms with Crippen LogP contribution in [-0.4, -0.2) is 61.9 Å². The number of rotatable bonds is 3. The summed E-state index contributed by atoms with van der Waals surface area (Å²) < 4.78 is 41.4. The number of aryl methyl sites for hydroxylation is 1. The van der Waals surface area contributed by atoms with Crippen molar-refractivity contribution in [3.8, 4) is 0 Å². The summed E-state index contributed by atoms with van der Waals surface area (Å²) in [5, 5.41) is 24.6. The lowest BCUT2D eigenvalue weighted by Gasteiger charge is -2.29. The summed E-state index contributed by atoms with van der Waals surface area (Å²) >= 11 is 0. The molecule has 0 bridgehead atoms. The topological polar surface area (TPSA) is 111 Å². The monoisotopic (exact) mass is 449 g/mol. The highest BCUT2D eigenvalue weighted by Gasteiger charge is 2.52. The van der Waals surface area contributed by atoms with E-state index in [1.54, 1.807) is 35.1 Å². The van der Waals surface area contributed by atoms with Crippen LogP contribution in [0.4, 0.5) is 24.7 Å². The fourth-order valence-electron chi connectivity index (χ4n) is 3.65. The minimum Gasteiger partial charge on any atom is -0.387 e. The van der Waals surface area contributed by atoms with Crippen LogP contribution in [0.25, 0.3) is 5.52 Å². The summed E-state index contributed by atoms with van der Waals surface area (Å²) in [4.78, 5) is 31.6. The Hall–Kier alpha value is -3.51. The number of likely N-dealkylation sites (N-methyl/N-ethyl adjacent to an activating group) is 1. The lowest BCUT2D eigenvalue weighted by molar-refractivity contribution is -0.137. The third kappa shape index (κ3) is 3.56.